The molecule has 1 nitrogen and oxygen atoms in total. The van der Waals surface area contributed by atoms with Crippen LogP contribution >= 0.6 is 0 Å². The minimum Gasteiger partial charge on any atom is -0.286 e. The van der Waals surface area contributed by atoms with Crippen LogP contribution in [0.15, 0.2) is 24.3 Å². The van der Waals surface area contributed by atoms with E-state index in [2.05, 4.69) is 19.1 Å². The zero-order valence-electron chi connectivity index (χ0n) is 6.34. The van der Waals surface area contributed by atoms with Gasteiger partial charge in [-0.1, -0.05) is 25.2 Å². The molecule has 0 saturated carbocycles. The van der Waals surface area contributed by atoms with Crippen LogP contribution in [0.4, 0.5) is 0 Å². The van der Waals surface area contributed by atoms with Crippen LogP contribution in [0, 0.1) is 0 Å². The van der Waals surface area contributed by atoms with E-state index < -0.39 is 0 Å². The van der Waals surface area contributed by atoms with Crippen molar-refractivity contribution < 1.29 is 4.79 Å². The fourth-order valence-electron chi connectivity index (χ4n) is 0.608. The van der Waals surface area contributed by atoms with E-state index in [9.17, 15) is 4.79 Å². The highest BCUT2D eigenvalue weighted by molar-refractivity contribution is 5.65. The molecule has 0 aromatic rings. The molecule has 0 heterocycles. The van der Waals surface area contributed by atoms with Crippen molar-refractivity contribution in [1.82, 2.24) is 0 Å². The molecule has 0 aliphatic carbocycles. The van der Waals surface area contributed by atoms with Crippen molar-refractivity contribution in [2.45, 2.75) is 26.2 Å². The Morgan fingerprint density at radius 1 is 1.20 bits per heavy atom. The Morgan fingerprint density at radius 2 is 1.90 bits per heavy atom. The maximum Gasteiger partial charge on any atom is 0.225 e. The summed E-state index contributed by atoms with van der Waals surface area (Å²) in [5.74, 6) is 0. The predicted octanol–water partition coefficient (Wildman–Crippen LogP) is 2.40. The topological polar surface area (TPSA) is 17.1 Å². The third kappa shape index (κ3) is 7.15. The van der Waals surface area contributed by atoms with Crippen molar-refractivity contribution in [2.75, 3.05) is 0 Å². The van der Waals surface area contributed by atoms with Crippen LogP contribution < -0.4 is 0 Å². The van der Waals surface area contributed by atoms with Crippen molar-refractivity contribution in [1.29, 1.82) is 0 Å². The first-order valence-corrected chi connectivity index (χ1v) is 3.59. The van der Waals surface area contributed by atoms with Gasteiger partial charge < -0.3 is 0 Å². The second-order valence-electron chi connectivity index (χ2n) is 1.98. The molecule has 0 bridgehead atoms. The van der Waals surface area contributed by atoms with Gasteiger partial charge in [0, 0.05) is 0 Å². The third-order valence-electron chi connectivity index (χ3n) is 1.09. The molecule has 0 spiro atoms. The van der Waals surface area contributed by atoms with E-state index in [1.165, 1.54) is 6.08 Å². The van der Waals surface area contributed by atoms with E-state index in [4.69, 9.17) is 0 Å². The van der Waals surface area contributed by atoms with Crippen LogP contribution in [0.1, 0.15) is 26.2 Å². The summed E-state index contributed by atoms with van der Waals surface area (Å²) in [6, 6.07) is 0. The third-order valence-corrected chi connectivity index (χ3v) is 1.09. The summed E-state index contributed by atoms with van der Waals surface area (Å²) >= 11 is 0. The first-order valence-electron chi connectivity index (χ1n) is 3.59. The average Bonchev–Trinajstić information content (AvgIpc) is 1.97. The first-order chi connectivity index (χ1) is 4.91. The molecule has 0 unspecified atom stereocenters. The molecule has 0 atom stereocenters. The molecule has 0 aliphatic heterocycles. The van der Waals surface area contributed by atoms with Crippen molar-refractivity contribution >= 4 is 6.29 Å². The molecular formula is C9H13O. The number of unbranched alkanes of at least 4 members (excludes halogenated alkanes) is 1. The van der Waals surface area contributed by atoms with Crippen molar-refractivity contribution in [3.05, 3.63) is 24.3 Å². The van der Waals surface area contributed by atoms with Gasteiger partial charge in [0.2, 0.25) is 6.29 Å². The number of hydrogen-bond donors (Lipinski definition) is 0. The molecule has 10 heavy (non-hydrogen) atoms. The molecule has 0 fully saturated rings. The Morgan fingerprint density at radius 3 is 2.50 bits per heavy atom. The summed E-state index contributed by atoms with van der Waals surface area (Å²) in [7, 11) is 0. The number of hydrogen-bond acceptors (Lipinski definition) is 1. The van der Waals surface area contributed by atoms with E-state index in [0.29, 0.717) is 0 Å². The van der Waals surface area contributed by atoms with Crippen LogP contribution in [0.25, 0.3) is 0 Å². The van der Waals surface area contributed by atoms with Gasteiger partial charge in [-0.25, -0.2) is 0 Å². The Hall–Kier alpha value is -0.850. The molecule has 0 aliphatic rings. The van der Waals surface area contributed by atoms with Gasteiger partial charge in [-0.15, -0.1) is 0 Å². The van der Waals surface area contributed by atoms with E-state index in [1.54, 1.807) is 6.29 Å². The molecule has 0 amide bonds. The number of allylic oxidation sites excluding steroid dienone is 4. The lowest BCUT2D eigenvalue weighted by atomic mass is 10.2. The SMILES string of the molecule is CC/C=C/CC/C=C/[C]=O. The summed E-state index contributed by atoms with van der Waals surface area (Å²) in [6.07, 6.45) is 12.2. The van der Waals surface area contributed by atoms with Gasteiger partial charge in [-0.2, -0.15) is 0 Å². The molecular weight excluding hydrogens is 124 g/mol. The number of carbonyl (C=O) groups excluding carboxylic acids is 1. The lowest BCUT2D eigenvalue weighted by molar-refractivity contribution is 0.564. The summed E-state index contributed by atoms with van der Waals surface area (Å²) in [4.78, 5) is 9.66. The zero-order chi connectivity index (χ0) is 7.66. The zero-order valence-corrected chi connectivity index (χ0v) is 6.34. The van der Waals surface area contributed by atoms with Crippen molar-refractivity contribution in [2.24, 2.45) is 0 Å². The normalized spacial score (nSPS) is 11.3. The molecule has 0 saturated heterocycles. The summed E-state index contributed by atoms with van der Waals surface area (Å²) in [6.45, 7) is 2.10. The molecule has 55 valence electrons. The molecule has 0 N–H and O–H groups in total. The second kappa shape index (κ2) is 8.15. The fourth-order valence-corrected chi connectivity index (χ4v) is 0.608. The average molecular weight is 137 g/mol. The van der Waals surface area contributed by atoms with Crippen LogP contribution in [0.2, 0.25) is 0 Å². The minimum atomic E-state index is 0.936. The van der Waals surface area contributed by atoms with Gasteiger partial charge in [-0.3, -0.25) is 4.79 Å². The predicted molar refractivity (Wildman–Crippen MR) is 43.5 cm³/mol. The molecule has 0 aromatic carbocycles. The highest BCUT2D eigenvalue weighted by atomic mass is 16.1. The number of rotatable bonds is 5. The molecule has 1 radical (unpaired) electrons. The highest BCUT2D eigenvalue weighted by Crippen LogP contribution is 1.92. The summed E-state index contributed by atoms with van der Waals surface area (Å²) < 4.78 is 0. The van der Waals surface area contributed by atoms with Gasteiger partial charge >= 0.3 is 0 Å². The van der Waals surface area contributed by atoms with Gasteiger partial charge in [0.25, 0.3) is 0 Å². The first kappa shape index (κ1) is 9.15. The van der Waals surface area contributed by atoms with E-state index in [0.717, 1.165) is 19.3 Å². The second-order valence-corrected chi connectivity index (χ2v) is 1.98. The summed E-state index contributed by atoms with van der Waals surface area (Å²) in [5, 5.41) is 0. The lowest BCUT2D eigenvalue weighted by Crippen LogP contribution is -1.65. The van der Waals surface area contributed by atoms with Gasteiger partial charge in [0.1, 0.15) is 0 Å². The maximum absolute atomic E-state index is 9.66. The molecule has 0 aromatic heterocycles. The smallest absolute Gasteiger partial charge is 0.225 e. The quantitative estimate of drug-likeness (QED) is 0.323. The maximum atomic E-state index is 9.66. The Balaban J connectivity index is 3.11. The monoisotopic (exact) mass is 137 g/mol. The Kier molecular flexibility index (Phi) is 7.46. The van der Waals surface area contributed by atoms with Crippen LogP contribution in [0.3, 0.4) is 0 Å². The van der Waals surface area contributed by atoms with E-state index in [1.807, 2.05) is 6.08 Å². The fraction of sp³-hybridized carbons (Fsp3) is 0.444. The van der Waals surface area contributed by atoms with Crippen LogP contribution in [-0.4, -0.2) is 6.29 Å². The Bertz CT molecular complexity index is 123. The van der Waals surface area contributed by atoms with Crippen LogP contribution in [-0.2, 0) is 4.79 Å². The van der Waals surface area contributed by atoms with Gasteiger partial charge in [0.05, 0.1) is 0 Å². The van der Waals surface area contributed by atoms with Crippen LogP contribution in [0.5, 0.6) is 0 Å². The Labute approximate surface area is 62.4 Å². The lowest BCUT2D eigenvalue weighted by Gasteiger charge is -1.82. The van der Waals surface area contributed by atoms with Gasteiger partial charge in [-0.05, 0) is 25.3 Å². The molecule has 1 heteroatoms. The van der Waals surface area contributed by atoms with Crippen molar-refractivity contribution in [3.63, 3.8) is 0 Å². The van der Waals surface area contributed by atoms with E-state index >= 15 is 0 Å². The summed E-state index contributed by atoms with van der Waals surface area (Å²) in [5.41, 5.74) is 0. The highest BCUT2D eigenvalue weighted by Gasteiger charge is 1.74. The van der Waals surface area contributed by atoms with Gasteiger partial charge in [0.15, 0.2) is 0 Å². The van der Waals surface area contributed by atoms with E-state index in [-0.39, 0.29) is 0 Å². The minimum absolute atomic E-state index is 0.936. The van der Waals surface area contributed by atoms with Crippen molar-refractivity contribution in [3.8, 4) is 0 Å². The largest absolute Gasteiger partial charge is 0.286 e. The standard InChI is InChI=1S/C9H13O/c1-2-3-4-5-6-7-8-9-10/h3-4,7-8H,2,5-6H2,1H3/b4-3+,8-7+. The molecule has 0 rings (SSSR count).